The molecule has 2 nitrogen and oxygen atoms in total. The molecule has 2 heteroatoms. The van der Waals surface area contributed by atoms with Crippen LogP contribution >= 0.6 is 0 Å². The Kier molecular flexibility index (Phi) is 3.57. The third-order valence-corrected chi connectivity index (χ3v) is 5.81. The van der Waals surface area contributed by atoms with E-state index >= 15 is 0 Å². The van der Waals surface area contributed by atoms with E-state index < -0.39 is 0 Å². The van der Waals surface area contributed by atoms with Crippen molar-refractivity contribution in [1.82, 2.24) is 4.90 Å². The van der Waals surface area contributed by atoms with E-state index in [1.54, 1.807) is 0 Å². The molecule has 0 spiro atoms. The molecule has 1 aliphatic heterocycles. The highest BCUT2D eigenvalue weighted by Gasteiger charge is 2.46. The lowest BCUT2D eigenvalue weighted by Crippen LogP contribution is -2.31. The van der Waals surface area contributed by atoms with E-state index in [9.17, 15) is 4.79 Å². The number of carbonyl (C=O) groups is 1. The maximum absolute atomic E-state index is 11.3. The average molecular weight is 305 g/mol. The molecule has 0 aromatic heterocycles. The Morgan fingerprint density at radius 1 is 1.17 bits per heavy atom. The maximum Gasteiger partial charge on any atom is 0.150 e. The molecule has 4 rings (SSSR count). The lowest BCUT2D eigenvalue weighted by atomic mass is 9.66. The summed E-state index contributed by atoms with van der Waals surface area (Å²) in [5.74, 6) is 0.551. The predicted molar refractivity (Wildman–Crippen MR) is 92.7 cm³/mol. The van der Waals surface area contributed by atoms with Crippen LogP contribution in [0.2, 0.25) is 0 Å². The van der Waals surface area contributed by atoms with Crippen molar-refractivity contribution in [3.05, 3.63) is 70.8 Å². The van der Waals surface area contributed by atoms with Gasteiger partial charge in [0.25, 0.3) is 0 Å². The largest absolute Gasteiger partial charge is 0.298 e. The van der Waals surface area contributed by atoms with Crippen LogP contribution in [0.5, 0.6) is 0 Å². The molecule has 1 aliphatic carbocycles. The van der Waals surface area contributed by atoms with Crippen molar-refractivity contribution in [3.8, 4) is 0 Å². The van der Waals surface area contributed by atoms with Crippen molar-refractivity contribution in [2.45, 2.75) is 32.2 Å². The molecule has 2 aliphatic rings. The number of nitrogens with zero attached hydrogens (tertiary/aromatic N) is 1. The molecule has 0 radical (unpaired) electrons. The minimum absolute atomic E-state index is 0.337. The molecular weight excluding hydrogens is 282 g/mol. The SMILES string of the molecule is C[C@]12CCc3c(C=O)cccc3[C@H]1CN(Cc1ccccc1)C2. The average Bonchev–Trinajstić information content (AvgIpc) is 2.91. The number of hydrogen-bond acceptors (Lipinski definition) is 2. The third kappa shape index (κ3) is 2.51. The van der Waals surface area contributed by atoms with Crippen molar-refractivity contribution < 1.29 is 4.79 Å². The van der Waals surface area contributed by atoms with Gasteiger partial charge in [-0.1, -0.05) is 55.5 Å². The highest BCUT2D eigenvalue weighted by molar-refractivity contribution is 5.78. The van der Waals surface area contributed by atoms with Gasteiger partial charge in [0.05, 0.1) is 0 Å². The highest BCUT2D eigenvalue weighted by atomic mass is 16.1. The summed E-state index contributed by atoms with van der Waals surface area (Å²) in [5.41, 5.74) is 5.33. The van der Waals surface area contributed by atoms with Crippen LogP contribution < -0.4 is 0 Å². The zero-order chi connectivity index (χ0) is 15.9. The van der Waals surface area contributed by atoms with Gasteiger partial charge in [-0.3, -0.25) is 9.69 Å². The number of aldehydes is 1. The molecule has 0 saturated carbocycles. The van der Waals surface area contributed by atoms with Crippen LogP contribution in [0.3, 0.4) is 0 Å². The zero-order valence-electron chi connectivity index (χ0n) is 13.7. The molecule has 0 N–H and O–H groups in total. The summed E-state index contributed by atoms with van der Waals surface area (Å²) < 4.78 is 0. The standard InChI is InChI=1S/C21H23NO/c1-21-11-10-18-17(14-23)8-5-9-19(18)20(21)13-22(15-21)12-16-6-3-2-4-7-16/h2-9,14,20H,10-13,15H2,1H3/t20-,21-/m1/s1. The number of fused-ring (bicyclic) bond motifs is 3. The van der Waals surface area contributed by atoms with E-state index in [1.807, 2.05) is 12.1 Å². The molecule has 2 atom stereocenters. The molecule has 1 saturated heterocycles. The molecule has 1 heterocycles. The maximum atomic E-state index is 11.3. The van der Waals surface area contributed by atoms with Gasteiger partial charge in [-0.25, -0.2) is 0 Å². The van der Waals surface area contributed by atoms with E-state index in [0.29, 0.717) is 11.3 Å². The first-order valence-corrected chi connectivity index (χ1v) is 8.53. The number of rotatable bonds is 3. The number of likely N-dealkylation sites (tertiary alicyclic amines) is 1. The van der Waals surface area contributed by atoms with E-state index in [1.165, 1.54) is 23.1 Å². The van der Waals surface area contributed by atoms with Crippen LogP contribution in [0, 0.1) is 5.41 Å². The third-order valence-electron chi connectivity index (χ3n) is 5.81. The second-order valence-electron chi connectivity index (χ2n) is 7.39. The van der Waals surface area contributed by atoms with Crippen LogP contribution in [0.15, 0.2) is 48.5 Å². The van der Waals surface area contributed by atoms with Gasteiger partial charge in [0.1, 0.15) is 6.29 Å². The summed E-state index contributed by atoms with van der Waals surface area (Å²) in [6.45, 7) is 5.70. The molecule has 2 aromatic carbocycles. The number of hydrogen-bond donors (Lipinski definition) is 0. The van der Waals surface area contributed by atoms with Gasteiger partial charge < -0.3 is 0 Å². The van der Waals surface area contributed by atoms with Gasteiger partial charge >= 0.3 is 0 Å². The predicted octanol–water partition coefficient (Wildman–Crippen LogP) is 4.05. The van der Waals surface area contributed by atoms with Crippen molar-refractivity contribution in [3.63, 3.8) is 0 Å². The Morgan fingerprint density at radius 3 is 2.78 bits per heavy atom. The smallest absolute Gasteiger partial charge is 0.150 e. The van der Waals surface area contributed by atoms with Crippen molar-refractivity contribution in [1.29, 1.82) is 0 Å². The Hall–Kier alpha value is -1.93. The quantitative estimate of drug-likeness (QED) is 0.797. The summed E-state index contributed by atoms with van der Waals surface area (Å²) in [4.78, 5) is 13.9. The van der Waals surface area contributed by atoms with Gasteiger partial charge in [0.2, 0.25) is 0 Å². The molecule has 0 bridgehead atoms. The van der Waals surface area contributed by atoms with Gasteiger partial charge in [-0.15, -0.1) is 0 Å². The summed E-state index contributed by atoms with van der Waals surface area (Å²) in [6, 6.07) is 17.0. The fraction of sp³-hybridized carbons (Fsp3) is 0.381. The minimum atomic E-state index is 0.337. The van der Waals surface area contributed by atoms with Crippen LogP contribution in [0.1, 0.15) is 46.3 Å². The molecule has 118 valence electrons. The molecule has 0 amide bonds. The normalized spacial score (nSPS) is 26.6. The molecule has 1 fully saturated rings. The molecule has 0 unspecified atom stereocenters. The van der Waals surface area contributed by atoms with Gasteiger partial charge in [0.15, 0.2) is 0 Å². The van der Waals surface area contributed by atoms with Gasteiger partial charge in [-0.05, 0) is 34.9 Å². The lowest BCUT2D eigenvalue weighted by Gasteiger charge is -2.37. The van der Waals surface area contributed by atoms with Gasteiger partial charge in [-0.2, -0.15) is 0 Å². The minimum Gasteiger partial charge on any atom is -0.298 e. The van der Waals surface area contributed by atoms with Crippen molar-refractivity contribution in [2.75, 3.05) is 13.1 Å². The topological polar surface area (TPSA) is 20.3 Å². The summed E-state index contributed by atoms with van der Waals surface area (Å²) in [6.07, 6.45) is 3.25. The van der Waals surface area contributed by atoms with E-state index in [4.69, 9.17) is 0 Å². The Morgan fingerprint density at radius 2 is 2.00 bits per heavy atom. The summed E-state index contributed by atoms with van der Waals surface area (Å²) >= 11 is 0. The zero-order valence-corrected chi connectivity index (χ0v) is 13.7. The van der Waals surface area contributed by atoms with E-state index in [0.717, 1.165) is 37.9 Å². The summed E-state index contributed by atoms with van der Waals surface area (Å²) in [5, 5.41) is 0. The second-order valence-corrected chi connectivity index (χ2v) is 7.39. The van der Waals surface area contributed by atoms with Crippen LogP contribution in [-0.4, -0.2) is 24.3 Å². The van der Waals surface area contributed by atoms with E-state index in [2.05, 4.69) is 48.2 Å². The first kappa shape index (κ1) is 14.6. The Bertz CT molecular complexity index is 724. The first-order chi connectivity index (χ1) is 11.2. The van der Waals surface area contributed by atoms with Crippen molar-refractivity contribution >= 4 is 6.29 Å². The fourth-order valence-corrected chi connectivity index (χ4v) is 4.61. The molecule has 2 aromatic rings. The van der Waals surface area contributed by atoms with Crippen molar-refractivity contribution in [2.24, 2.45) is 5.41 Å². The van der Waals surface area contributed by atoms with Crippen LogP contribution in [0.25, 0.3) is 0 Å². The Balaban J connectivity index is 1.63. The fourth-order valence-electron chi connectivity index (χ4n) is 4.61. The van der Waals surface area contributed by atoms with E-state index in [-0.39, 0.29) is 0 Å². The number of carbonyl (C=O) groups excluding carboxylic acids is 1. The first-order valence-electron chi connectivity index (χ1n) is 8.53. The Labute approximate surface area is 138 Å². The van der Waals surface area contributed by atoms with Crippen LogP contribution in [0.4, 0.5) is 0 Å². The second kappa shape index (κ2) is 5.61. The van der Waals surface area contributed by atoms with Crippen LogP contribution in [-0.2, 0) is 13.0 Å². The highest BCUT2D eigenvalue weighted by Crippen LogP contribution is 2.50. The monoisotopic (exact) mass is 305 g/mol. The molecule has 23 heavy (non-hydrogen) atoms. The molecular formula is C21H23NO. The summed E-state index contributed by atoms with van der Waals surface area (Å²) in [7, 11) is 0. The van der Waals surface area contributed by atoms with Gasteiger partial charge in [0, 0.05) is 31.1 Å². The number of benzene rings is 2. The lowest BCUT2D eigenvalue weighted by molar-refractivity contribution is 0.112.